The van der Waals surface area contributed by atoms with E-state index in [1.165, 1.54) is 0 Å². The molecule has 2 aromatic rings. The molecule has 4 aliphatic rings. The minimum Gasteiger partial charge on any atom is -0.378 e. The highest BCUT2D eigenvalue weighted by atomic mass is 35.5. The van der Waals surface area contributed by atoms with Gasteiger partial charge in [0.05, 0.1) is 47.6 Å². The van der Waals surface area contributed by atoms with Crippen LogP contribution in [0.3, 0.4) is 0 Å². The van der Waals surface area contributed by atoms with Crippen molar-refractivity contribution in [1.82, 2.24) is 30.7 Å². The molecule has 3 aliphatic heterocycles. The Morgan fingerprint density at radius 2 is 1.78 bits per heavy atom. The summed E-state index contributed by atoms with van der Waals surface area (Å²) < 4.78 is 11.9. The van der Waals surface area contributed by atoms with Gasteiger partial charge in [-0.3, -0.25) is 15.3 Å². The van der Waals surface area contributed by atoms with Crippen LogP contribution in [0.1, 0.15) is 55.9 Å². The van der Waals surface area contributed by atoms with Crippen molar-refractivity contribution in [3.05, 3.63) is 46.0 Å². The third kappa shape index (κ3) is 5.45. The number of hydrazine groups is 1. The van der Waals surface area contributed by atoms with Crippen molar-refractivity contribution >= 4 is 29.2 Å². The van der Waals surface area contributed by atoms with Crippen LogP contribution in [0, 0.1) is 5.92 Å². The second kappa shape index (κ2) is 11.3. The first-order valence-electron chi connectivity index (χ1n) is 13.4. The second-order valence-electron chi connectivity index (χ2n) is 10.7. The Hall–Kier alpha value is -1.59. The highest BCUT2D eigenvalue weighted by Crippen LogP contribution is 2.41. The van der Waals surface area contributed by atoms with E-state index in [0.29, 0.717) is 28.0 Å². The number of anilines is 1. The fraction of sp³-hybridized carbons (Fsp3) is 0.654. The molecule has 0 amide bonds. The number of hydrogen-bond acceptors (Lipinski definition) is 9. The van der Waals surface area contributed by atoms with Gasteiger partial charge in [0.2, 0.25) is 5.95 Å². The van der Waals surface area contributed by atoms with Crippen molar-refractivity contribution in [3.63, 3.8) is 0 Å². The Bertz CT molecular complexity index is 1050. The van der Waals surface area contributed by atoms with Gasteiger partial charge >= 0.3 is 0 Å². The van der Waals surface area contributed by atoms with Crippen LogP contribution in [0.2, 0.25) is 10.0 Å². The van der Waals surface area contributed by atoms with Gasteiger partial charge < -0.3 is 14.4 Å². The van der Waals surface area contributed by atoms with Crippen LogP contribution in [0.25, 0.3) is 0 Å². The zero-order valence-electron chi connectivity index (χ0n) is 21.2. The van der Waals surface area contributed by atoms with Gasteiger partial charge in [-0.2, -0.15) is 0 Å². The predicted octanol–water partition coefficient (Wildman–Crippen LogP) is 3.55. The van der Waals surface area contributed by atoms with Crippen molar-refractivity contribution in [3.8, 4) is 0 Å². The van der Waals surface area contributed by atoms with Crippen LogP contribution < -0.4 is 15.8 Å². The molecule has 11 heteroatoms. The smallest absolute Gasteiger partial charge is 0.225 e. The number of aromatic nitrogens is 3. The molecule has 0 aromatic carbocycles. The first-order valence-corrected chi connectivity index (χ1v) is 14.2. The van der Waals surface area contributed by atoms with Crippen LogP contribution >= 0.6 is 23.2 Å². The molecule has 1 aliphatic carbocycles. The Kier molecular flexibility index (Phi) is 7.81. The maximum atomic E-state index is 6.48. The van der Waals surface area contributed by atoms with Gasteiger partial charge in [0.25, 0.3) is 0 Å². The van der Waals surface area contributed by atoms with E-state index in [4.69, 9.17) is 42.6 Å². The maximum Gasteiger partial charge on any atom is 0.225 e. The molecule has 0 spiro atoms. The third-order valence-electron chi connectivity index (χ3n) is 8.36. The lowest BCUT2D eigenvalue weighted by Gasteiger charge is -2.36. The molecule has 4 fully saturated rings. The number of ether oxygens (including phenoxy) is 2. The summed E-state index contributed by atoms with van der Waals surface area (Å²) in [6.45, 7) is 7.83. The minimum atomic E-state index is -0.200. The quantitative estimate of drug-likeness (QED) is 0.563. The SMILES string of the molecule is C[C@@H](OC1CCC2NNC(c3cnc(N4CCCN(C5COC5)CC4)nc3)C2C1)c1c(Cl)cncc1Cl. The molecule has 2 N–H and O–H groups in total. The number of fused-ring (bicyclic) bond motifs is 1. The van der Waals surface area contributed by atoms with Crippen LogP contribution in [0.5, 0.6) is 0 Å². The summed E-state index contributed by atoms with van der Waals surface area (Å²) in [4.78, 5) is 18.5. The standard InChI is InChI=1S/C26H35Cl2N7O2/c1-16(24-21(27)12-29-13-22(24)28)37-19-3-4-23-20(9-19)25(33-32-23)17-10-30-26(31-11-17)35-6-2-5-34(7-8-35)18-14-36-15-18/h10-13,16,18-20,23,25,32-33H,2-9,14-15H2,1H3/t16-,19?,20?,23?,25?/m1/s1. The Morgan fingerprint density at radius 1 is 1.00 bits per heavy atom. The fourth-order valence-corrected chi connectivity index (χ4v) is 6.90. The molecular formula is C26H35Cl2N7O2. The van der Waals surface area contributed by atoms with Crippen molar-refractivity contribution in [2.24, 2.45) is 5.92 Å². The molecule has 37 heavy (non-hydrogen) atoms. The summed E-state index contributed by atoms with van der Waals surface area (Å²) >= 11 is 12.7. The zero-order chi connectivity index (χ0) is 25.4. The van der Waals surface area contributed by atoms with Crippen molar-refractivity contribution < 1.29 is 9.47 Å². The summed E-state index contributed by atoms with van der Waals surface area (Å²) in [5.74, 6) is 1.21. The first kappa shape index (κ1) is 25.7. The summed E-state index contributed by atoms with van der Waals surface area (Å²) in [6, 6.07) is 1.13. The zero-order valence-corrected chi connectivity index (χ0v) is 22.7. The molecule has 5 heterocycles. The molecule has 4 unspecified atom stereocenters. The summed E-state index contributed by atoms with van der Waals surface area (Å²) in [5.41, 5.74) is 8.94. The highest BCUT2D eigenvalue weighted by Gasteiger charge is 2.42. The Labute approximate surface area is 228 Å². The van der Waals surface area contributed by atoms with Gasteiger partial charge in [-0.05, 0) is 38.5 Å². The molecule has 2 aromatic heterocycles. The van der Waals surface area contributed by atoms with E-state index >= 15 is 0 Å². The summed E-state index contributed by atoms with van der Waals surface area (Å²) in [6.07, 6.45) is 11.2. The molecule has 200 valence electrons. The predicted molar refractivity (Wildman–Crippen MR) is 143 cm³/mol. The summed E-state index contributed by atoms with van der Waals surface area (Å²) in [5, 5.41) is 1.09. The number of nitrogens with one attached hydrogen (secondary N) is 2. The van der Waals surface area contributed by atoms with E-state index in [2.05, 4.69) is 25.6 Å². The van der Waals surface area contributed by atoms with Crippen LogP contribution in [0.4, 0.5) is 5.95 Å². The van der Waals surface area contributed by atoms with E-state index < -0.39 is 0 Å². The third-order valence-corrected chi connectivity index (χ3v) is 8.97. The molecule has 0 radical (unpaired) electrons. The van der Waals surface area contributed by atoms with Crippen molar-refractivity contribution in [1.29, 1.82) is 0 Å². The average molecular weight is 549 g/mol. The lowest BCUT2D eigenvalue weighted by atomic mass is 9.78. The van der Waals surface area contributed by atoms with Gasteiger partial charge in [-0.25, -0.2) is 15.4 Å². The largest absolute Gasteiger partial charge is 0.378 e. The van der Waals surface area contributed by atoms with Gasteiger partial charge in [-0.15, -0.1) is 0 Å². The number of pyridine rings is 1. The first-order chi connectivity index (χ1) is 18.1. The topological polar surface area (TPSA) is 87.7 Å². The normalized spacial score (nSPS) is 30.0. The molecule has 6 rings (SSSR count). The van der Waals surface area contributed by atoms with Crippen molar-refractivity contribution in [2.75, 3.05) is 44.3 Å². The summed E-state index contributed by atoms with van der Waals surface area (Å²) in [7, 11) is 0. The second-order valence-corrected chi connectivity index (χ2v) is 11.5. The van der Waals surface area contributed by atoms with Crippen LogP contribution in [-0.4, -0.2) is 77.4 Å². The highest BCUT2D eigenvalue weighted by molar-refractivity contribution is 6.35. The molecule has 5 atom stereocenters. The van der Waals surface area contributed by atoms with Gasteiger partial charge in [-0.1, -0.05) is 23.2 Å². The molecule has 0 bridgehead atoms. The van der Waals surface area contributed by atoms with Crippen LogP contribution in [0.15, 0.2) is 24.8 Å². The number of hydrogen-bond donors (Lipinski definition) is 2. The van der Waals surface area contributed by atoms with Gasteiger partial charge in [0.1, 0.15) is 0 Å². The Balaban J connectivity index is 1.08. The van der Waals surface area contributed by atoms with Crippen molar-refractivity contribution in [2.45, 2.75) is 62.9 Å². The van der Waals surface area contributed by atoms with E-state index in [0.717, 1.165) is 82.2 Å². The van der Waals surface area contributed by atoms with E-state index in [-0.39, 0.29) is 18.2 Å². The van der Waals surface area contributed by atoms with E-state index in [1.54, 1.807) is 12.4 Å². The molecule has 3 saturated heterocycles. The fourth-order valence-electron chi connectivity index (χ4n) is 6.23. The average Bonchev–Trinajstić information content (AvgIpc) is 3.13. The lowest BCUT2D eigenvalue weighted by Crippen LogP contribution is -2.50. The molecular weight excluding hydrogens is 513 g/mol. The molecule has 9 nitrogen and oxygen atoms in total. The van der Waals surface area contributed by atoms with Gasteiger partial charge in [0.15, 0.2) is 0 Å². The number of halogens is 2. The Morgan fingerprint density at radius 3 is 2.51 bits per heavy atom. The minimum absolute atomic E-state index is 0.127. The van der Waals surface area contributed by atoms with E-state index in [1.807, 2.05) is 19.3 Å². The van der Waals surface area contributed by atoms with Crippen LogP contribution in [-0.2, 0) is 9.47 Å². The number of rotatable bonds is 6. The monoisotopic (exact) mass is 547 g/mol. The number of nitrogens with zero attached hydrogens (tertiary/aromatic N) is 5. The van der Waals surface area contributed by atoms with E-state index in [9.17, 15) is 0 Å². The maximum absolute atomic E-state index is 6.48. The molecule has 1 saturated carbocycles. The lowest BCUT2D eigenvalue weighted by molar-refractivity contribution is -0.0625. The van der Waals surface area contributed by atoms with Gasteiger partial charge in [0, 0.05) is 68.1 Å².